The number of para-hydroxylation sites is 1. The van der Waals surface area contributed by atoms with Crippen molar-refractivity contribution < 1.29 is 92.5 Å². The zero-order chi connectivity index (χ0) is 54.6. The highest BCUT2D eigenvalue weighted by Crippen LogP contribution is 2.31. The molecule has 0 N–H and O–H groups in total. The van der Waals surface area contributed by atoms with Crippen LogP contribution in [0.1, 0.15) is 110 Å². The van der Waals surface area contributed by atoms with Gasteiger partial charge < -0.3 is 4.74 Å². The monoisotopic (exact) mass is 1090 g/mol. The molecule has 1 nitrogen and oxygen atoms in total. The van der Waals surface area contributed by atoms with Crippen LogP contribution in [-0.4, -0.2) is 25.3 Å². The van der Waals surface area contributed by atoms with E-state index in [1.165, 1.54) is 108 Å². The molecule has 402 valence electrons. The molecule has 0 unspecified atom stereocenters. The van der Waals surface area contributed by atoms with Crippen LogP contribution in [-0.2, 0) is 10.9 Å². The fourth-order valence-electron chi connectivity index (χ4n) is 8.61. The Morgan fingerprint density at radius 1 is 0.315 bits per heavy atom. The number of hydrogen-bond acceptors (Lipinski definition) is 1. The van der Waals surface area contributed by atoms with Gasteiger partial charge in [0.2, 0.25) is 0 Å². The van der Waals surface area contributed by atoms with Crippen LogP contribution in [0.3, 0.4) is 0 Å². The first-order valence-corrected chi connectivity index (χ1v) is 25.0. The molecule has 0 saturated heterocycles. The molecule has 0 fully saturated rings. The molecule has 0 aliphatic heterocycles. The first-order valence-electron chi connectivity index (χ1n) is 23.0. The van der Waals surface area contributed by atoms with E-state index < -0.39 is 144 Å². The highest BCUT2D eigenvalue weighted by atomic mass is 32.2. The van der Waals surface area contributed by atoms with Gasteiger partial charge in [0.1, 0.15) is 65.2 Å². The van der Waals surface area contributed by atoms with Crippen molar-refractivity contribution >= 4 is 38.9 Å². The summed E-state index contributed by atoms with van der Waals surface area (Å²) in [6.45, 7) is 3.16. The maximum Gasteiger partial charge on any atom is 0.200 e. The van der Waals surface area contributed by atoms with E-state index in [2.05, 4.69) is 43.7 Å². The third-order valence-corrected chi connectivity index (χ3v) is 13.5. The molecule has 0 atom stereocenters. The summed E-state index contributed by atoms with van der Waals surface area (Å²) in [4.78, 5) is 1.36. The van der Waals surface area contributed by atoms with E-state index in [-0.39, 0.29) is 10.9 Å². The van der Waals surface area contributed by atoms with Crippen molar-refractivity contribution in [1.82, 2.24) is 0 Å². The van der Waals surface area contributed by atoms with E-state index in [1.54, 1.807) is 0 Å². The molecule has 0 aliphatic carbocycles. The predicted octanol–water partition coefficient (Wildman–Crippen LogP) is 14.4. The van der Waals surface area contributed by atoms with E-state index in [4.69, 9.17) is 4.74 Å². The normalized spacial score (nSPS) is 11.7. The van der Waals surface area contributed by atoms with Gasteiger partial charge in [-0.2, -0.15) is 0 Å². The summed E-state index contributed by atoms with van der Waals surface area (Å²) in [6.07, 6.45) is 19.9. The quantitative estimate of drug-likeness (QED) is 0.0158. The summed E-state index contributed by atoms with van der Waals surface area (Å²) in [6, 6.07) is 8.52. The molecule has 0 amide bonds. The fraction of sp³-hybridized carbons (Fsp3) is 0.400. The minimum absolute atomic E-state index is 0.266. The van der Waals surface area contributed by atoms with Crippen LogP contribution >= 0.6 is 0 Å². The van der Waals surface area contributed by atoms with Crippen LogP contribution in [0.2, 0.25) is 0 Å². The summed E-state index contributed by atoms with van der Waals surface area (Å²) < 4.78 is 300. The molecule has 5 aromatic rings. The van der Waals surface area contributed by atoms with Crippen LogP contribution in [0.15, 0.2) is 29.2 Å². The maximum atomic E-state index is 15.4. The number of benzene rings is 5. The van der Waals surface area contributed by atoms with Crippen molar-refractivity contribution in [3.8, 4) is 5.75 Å². The number of hydrogen-bond donors (Lipinski definition) is 0. The molecule has 0 radical (unpaired) electrons. The lowest BCUT2D eigenvalue weighted by molar-refractivity contribution is 0.297. The molecule has 0 aromatic heterocycles. The highest BCUT2D eigenvalue weighted by Gasteiger charge is 2.52. The maximum absolute atomic E-state index is 15.4. The third kappa shape index (κ3) is 12.7. The molecule has 73 heavy (non-hydrogen) atoms. The summed E-state index contributed by atoms with van der Waals surface area (Å²) in [5.74, 6) is -70.3. The van der Waals surface area contributed by atoms with E-state index in [9.17, 15) is 52.7 Å². The molecule has 5 rings (SSSR count). The second kappa shape index (κ2) is 26.9. The van der Waals surface area contributed by atoms with Crippen LogP contribution < -0.4 is 26.6 Å². The fourth-order valence-corrected chi connectivity index (χ4v) is 9.49. The highest BCUT2D eigenvalue weighted by molar-refractivity contribution is 7.95. The van der Waals surface area contributed by atoms with Gasteiger partial charge in [-0.3, -0.25) is 0 Å². The second-order valence-corrected chi connectivity index (χ2v) is 19.3. The van der Waals surface area contributed by atoms with Gasteiger partial charge in [0, 0.05) is 10.9 Å². The van der Waals surface area contributed by atoms with Crippen LogP contribution in [0, 0.1) is 116 Å². The SMILES string of the molecule is CCCCCCCCCCCCCCCCCCOc1ccccc1[S+](C)C.Fc1c(F)c(F)c([B-](c2c(F)c(F)c(F)c(F)c2F)(c2c(F)c(F)c(F)c(F)c2F)c2c(F)c(F)c(F)c(F)c2F)c(F)c1F. The smallest absolute Gasteiger partial charge is 0.200 e. The Morgan fingerprint density at radius 3 is 0.781 bits per heavy atom. The lowest BCUT2D eigenvalue weighted by Crippen LogP contribution is -2.81. The number of ether oxygens (including phenoxy) is 1. The third-order valence-electron chi connectivity index (χ3n) is 12.3. The zero-order valence-electron chi connectivity index (χ0n) is 39.3. The first kappa shape index (κ1) is 60.5. The Balaban J connectivity index is 0.000000355. The Labute approximate surface area is 410 Å². The van der Waals surface area contributed by atoms with E-state index >= 15 is 35.1 Å². The van der Waals surface area contributed by atoms with Gasteiger partial charge in [-0.1, -0.05) is 115 Å². The molecular weight excluding hydrogens is 1040 g/mol. The lowest BCUT2D eigenvalue weighted by atomic mass is 9.12. The van der Waals surface area contributed by atoms with Gasteiger partial charge in [-0.15, -0.1) is 21.9 Å². The van der Waals surface area contributed by atoms with Crippen LogP contribution in [0.25, 0.3) is 0 Å². The van der Waals surface area contributed by atoms with Crippen LogP contribution in [0.4, 0.5) is 87.8 Å². The predicted molar refractivity (Wildman–Crippen MR) is 238 cm³/mol. The molecule has 0 bridgehead atoms. The summed E-state index contributed by atoms with van der Waals surface area (Å²) in [5, 5.41) is 0. The molecule has 0 spiro atoms. The van der Waals surface area contributed by atoms with Gasteiger partial charge in [-0.25, -0.2) is 87.8 Å². The van der Waals surface area contributed by atoms with Crippen molar-refractivity contribution in [2.24, 2.45) is 0 Å². The zero-order valence-corrected chi connectivity index (χ0v) is 40.1. The van der Waals surface area contributed by atoms with Gasteiger partial charge in [0.15, 0.2) is 80.5 Å². The van der Waals surface area contributed by atoms with Crippen molar-refractivity contribution in [1.29, 1.82) is 0 Å². The minimum Gasteiger partial charge on any atom is -0.488 e. The van der Waals surface area contributed by atoms with Gasteiger partial charge >= 0.3 is 0 Å². The molecule has 0 aliphatic rings. The largest absolute Gasteiger partial charge is 0.488 e. The Hall–Kier alpha value is -5.09. The van der Waals surface area contributed by atoms with Crippen LogP contribution in [0.5, 0.6) is 5.75 Å². The number of halogens is 20. The van der Waals surface area contributed by atoms with Crippen molar-refractivity contribution in [2.45, 2.75) is 115 Å². The second-order valence-electron chi connectivity index (χ2n) is 17.2. The van der Waals surface area contributed by atoms with Gasteiger partial charge in [-0.05, 0) is 18.6 Å². The van der Waals surface area contributed by atoms with E-state index in [1.807, 2.05) is 0 Å². The van der Waals surface area contributed by atoms with E-state index in [0.29, 0.717) is 0 Å². The van der Waals surface area contributed by atoms with Crippen molar-refractivity contribution in [3.63, 3.8) is 0 Å². The molecule has 23 heteroatoms. The first-order chi connectivity index (χ1) is 34.5. The molecular formula is C50H47BF20OS. The van der Waals surface area contributed by atoms with Gasteiger partial charge in [0.25, 0.3) is 0 Å². The average Bonchev–Trinajstić information content (AvgIpc) is 3.37. The molecule has 5 aromatic carbocycles. The van der Waals surface area contributed by atoms with Crippen molar-refractivity contribution in [3.05, 3.63) is 141 Å². The Morgan fingerprint density at radius 2 is 0.534 bits per heavy atom. The minimum atomic E-state index is -7.22. The topological polar surface area (TPSA) is 9.23 Å². The lowest BCUT2D eigenvalue weighted by Gasteiger charge is -2.44. The standard InChI is InChI=1S/C26H47OS.C24BF20/c1-4-5-6-7-8-9-10-11-12-13-14-15-16-17-18-21-24-27-25-22-19-20-23-26(25)28(2)3;26-5-1(6(27)14(35)21(42)13(5)34)25(2-7(28)15(36)22(43)16(37)8(2)29,3-9(30)17(38)23(44)18(39)10(3)31)4-11(32)19(40)24(45)20(41)12(4)33/h19-20,22-23H,4-18,21,24H2,1-3H3;/q+1;-1. The summed E-state index contributed by atoms with van der Waals surface area (Å²) in [5.41, 5.74) is -14.3. The number of rotatable bonds is 23. The average molecular weight is 1090 g/mol. The summed E-state index contributed by atoms with van der Waals surface area (Å²) in [7, 11) is 0.266. The Bertz CT molecular complexity index is 2330. The molecule has 0 heterocycles. The van der Waals surface area contributed by atoms with Gasteiger partial charge in [0.05, 0.1) is 6.61 Å². The Kier molecular flexibility index (Phi) is 22.3. The van der Waals surface area contributed by atoms with Crippen molar-refractivity contribution in [2.75, 3.05) is 19.1 Å². The molecule has 0 saturated carbocycles. The summed E-state index contributed by atoms with van der Waals surface area (Å²) >= 11 is 0. The van der Waals surface area contributed by atoms with E-state index in [0.717, 1.165) is 12.4 Å². The number of unbranched alkanes of at least 4 members (excludes halogenated alkanes) is 15.